The first kappa shape index (κ1) is 35.6. The third kappa shape index (κ3) is 9.02. The molecule has 3 amide bonds. The largest absolute Gasteiger partial charge is 1.00 e. The maximum absolute atomic E-state index is 13.9. The molecule has 0 bridgehead atoms. The molecule has 40 heavy (non-hydrogen) atoms. The fourth-order valence-corrected chi connectivity index (χ4v) is 3.49. The minimum Gasteiger partial charge on any atom is -0.423 e. The Balaban J connectivity index is 0.00000400. The SMILES string of the molecule is [CH2-]CNC(=O)CN(C(=O)c1ccc(F)c(B(O)O)c1)c1cccc(NC(=O)c2ccc(F)c(B(O)O)c2)c1.[CH3-].[K+]. The smallest absolute Gasteiger partial charge is 0.423 e. The summed E-state index contributed by atoms with van der Waals surface area (Å²) in [6.45, 7) is 3.06. The summed E-state index contributed by atoms with van der Waals surface area (Å²) in [6.07, 6.45) is 0. The van der Waals surface area contributed by atoms with Crippen LogP contribution in [0.25, 0.3) is 0 Å². The van der Waals surface area contributed by atoms with Gasteiger partial charge in [0.1, 0.15) is 18.2 Å². The number of halogens is 2. The van der Waals surface area contributed by atoms with Crippen molar-refractivity contribution in [3.8, 4) is 0 Å². The van der Waals surface area contributed by atoms with Crippen molar-refractivity contribution >= 4 is 54.3 Å². The second kappa shape index (κ2) is 16.1. The number of hydrogen-bond donors (Lipinski definition) is 6. The van der Waals surface area contributed by atoms with Crippen molar-refractivity contribution in [1.29, 1.82) is 0 Å². The first-order valence-corrected chi connectivity index (χ1v) is 11.1. The van der Waals surface area contributed by atoms with E-state index < -0.39 is 61.1 Å². The van der Waals surface area contributed by atoms with Crippen molar-refractivity contribution < 1.29 is 94.6 Å². The average Bonchev–Trinajstić information content (AvgIpc) is 2.87. The van der Waals surface area contributed by atoms with Gasteiger partial charge in [-0.15, -0.1) is 6.54 Å². The molecule has 0 saturated heterocycles. The molecule has 0 aliphatic heterocycles. The summed E-state index contributed by atoms with van der Waals surface area (Å²) in [4.78, 5) is 39.4. The van der Waals surface area contributed by atoms with Crippen LogP contribution >= 0.6 is 0 Å². The number of carbonyl (C=O) groups excluding carboxylic acids is 3. The summed E-state index contributed by atoms with van der Waals surface area (Å²) < 4.78 is 27.7. The Morgan fingerprint density at radius 1 is 0.850 bits per heavy atom. The van der Waals surface area contributed by atoms with E-state index in [0.717, 1.165) is 41.3 Å². The van der Waals surface area contributed by atoms with E-state index in [1.54, 1.807) is 0 Å². The Morgan fingerprint density at radius 3 is 1.95 bits per heavy atom. The van der Waals surface area contributed by atoms with E-state index in [9.17, 15) is 43.3 Å². The first-order valence-electron chi connectivity index (χ1n) is 11.1. The quantitative estimate of drug-likeness (QED) is 0.114. The number of anilines is 2. The van der Waals surface area contributed by atoms with Crippen LogP contribution < -0.4 is 77.8 Å². The average molecular weight is 578 g/mol. The number of hydrogen-bond acceptors (Lipinski definition) is 7. The van der Waals surface area contributed by atoms with Crippen LogP contribution in [0, 0.1) is 26.0 Å². The number of nitrogens with zero attached hydrogens (tertiary/aromatic N) is 1. The zero-order valence-corrected chi connectivity index (χ0v) is 24.9. The molecule has 0 aromatic heterocycles. The third-order valence-electron chi connectivity index (χ3n) is 5.34. The molecule has 0 aliphatic rings. The minimum atomic E-state index is -2.18. The van der Waals surface area contributed by atoms with Crippen LogP contribution in [0.1, 0.15) is 20.7 Å². The van der Waals surface area contributed by atoms with E-state index in [1.807, 2.05) is 0 Å². The van der Waals surface area contributed by atoms with Crippen LogP contribution in [0.3, 0.4) is 0 Å². The van der Waals surface area contributed by atoms with Crippen molar-refractivity contribution in [3.63, 3.8) is 0 Å². The van der Waals surface area contributed by atoms with Gasteiger partial charge >= 0.3 is 65.6 Å². The molecule has 0 aliphatic carbocycles. The van der Waals surface area contributed by atoms with Gasteiger partial charge in [-0.3, -0.25) is 19.3 Å². The maximum Gasteiger partial charge on any atom is 1.00 e. The Hall–Kier alpha value is -2.46. The summed E-state index contributed by atoms with van der Waals surface area (Å²) in [7, 11) is -4.31. The van der Waals surface area contributed by atoms with Gasteiger partial charge in [-0.05, 0) is 54.6 Å². The number of benzene rings is 3. The summed E-state index contributed by atoms with van der Waals surface area (Å²) in [5, 5.41) is 42.3. The molecule has 0 unspecified atom stereocenters. The van der Waals surface area contributed by atoms with Crippen LogP contribution in [-0.4, -0.2) is 65.1 Å². The predicted octanol–water partition coefficient (Wildman–Crippen LogP) is -3.37. The fraction of sp³-hybridized carbons (Fsp3) is 0.0800. The molecule has 0 atom stereocenters. The van der Waals surface area contributed by atoms with Gasteiger partial charge in [0, 0.05) is 33.4 Å². The number of rotatable bonds is 9. The van der Waals surface area contributed by atoms with Gasteiger partial charge in [0.2, 0.25) is 5.91 Å². The molecule has 15 heteroatoms. The van der Waals surface area contributed by atoms with E-state index in [2.05, 4.69) is 17.6 Å². The van der Waals surface area contributed by atoms with E-state index >= 15 is 0 Å². The first-order chi connectivity index (χ1) is 18.0. The Kier molecular flexibility index (Phi) is 14.3. The maximum atomic E-state index is 13.9. The van der Waals surface area contributed by atoms with E-state index in [0.29, 0.717) is 0 Å². The third-order valence-corrected chi connectivity index (χ3v) is 5.34. The topological polar surface area (TPSA) is 159 Å². The Morgan fingerprint density at radius 2 is 1.40 bits per heavy atom. The van der Waals surface area contributed by atoms with Crippen molar-refractivity contribution in [2.45, 2.75) is 0 Å². The second-order valence-electron chi connectivity index (χ2n) is 7.97. The summed E-state index contributed by atoms with van der Waals surface area (Å²) >= 11 is 0. The van der Waals surface area contributed by atoms with Crippen LogP contribution in [0.5, 0.6) is 0 Å². The molecule has 0 heterocycles. The monoisotopic (exact) mass is 578 g/mol. The van der Waals surface area contributed by atoms with Gasteiger partial charge in [0.25, 0.3) is 11.8 Å². The van der Waals surface area contributed by atoms with Crippen molar-refractivity contribution in [3.05, 3.63) is 97.8 Å². The van der Waals surface area contributed by atoms with Gasteiger partial charge in [-0.1, -0.05) is 6.07 Å². The van der Waals surface area contributed by atoms with E-state index in [-0.39, 0.29) is 87.9 Å². The molecule has 3 aromatic rings. The van der Waals surface area contributed by atoms with Gasteiger partial charge in [0.05, 0.1) is 0 Å². The molecule has 0 spiro atoms. The molecular weight excluding hydrogens is 553 g/mol. The molecule has 3 aromatic carbocycles. The van der Waals surface area contributed by atoms with Gasteiger partial charge in [-0.2, -0.15) is 0 Å². The second-order valence-corrected chi connectivity index (χ2v) is 7.97. The van der Waals surface area contributed by atoms with Crippen LogP contribution in [-0.2, 0) is 4.79 Å². The standard InChI is InChI=1S/C24H22B2F2N3O7.CH3.K/c1-2-29-22(32)13-31(24(34)15-7-9-21(28)19(11-15)26(37)38)17-5-3-4-16(12-17)30-23(33)14-6-8-20(27)18(10-14)25(35)36;;/h3-12,35-38H,1-2,13H2,(H,29,32)(H,30,33);1H3;/q2*-1;+1. The van der Waals surface area contributed by atoms with Crippen molar-refractivity contribution in [2.75, 3.05) is 23.3 Å². The van der Waals surface area contributed by atoms with Gasteiger partial charge in [-0.25, -0.2) is 8.78 Å². The number of nitrogens with one attached hydrogen (secondary N) is 2. The molecule has 0 radical (unpaired) electrons. The summed E-state index contributed by atoms with van der Waals surface area (Å²) in [5.74, 6) is -3.94. The zero-order chi connectivity index (χ0) is 28.0. The van der Waals surface area contributed by atoms with Crippen LogP contribution in [0.2, 0.25) is 0 Å². The predicted molar refractivity (Wildman–Crippen MR) is 143 cm³/mol. The van der Waals surface area contributed by atoms with Gasteiger partial charge in [0.15, 0.2) is 0 Å². The summed E-state index contributed by atoms with van der Waals surface area (Å²) in [5.41, 5.74) is -0.939. The van der Waals surface area contributed by atoms with Crippen molar-refractivity contribution in [1.82, 2.24) is 5.32 Å². The van der Waals surface area contributed by atoms with E-state index in [1.165, 1.54) is 24.3 Å². The molecule has 0 saturated carbocycles. The van der Waals surface area contributed by atoms with Crippen LogP contribution in [0.15, 0.2) is 60.7 Å². The Labute approximate surface area is 273 Å². The van der Waals surface area contributed by atoms with Crippen molar-refractivity contribution in [2.24, 2.45) is 0 Å². The van der Waals surface area contributed by atoms with Crippen LogP contribution in [0.4, 0.5) is 20.2 Å². The zero-order valence-electron chi connectivity index (χ0n) is 21.8. The molecule has 204 valence electrons. The van der Waals surface area contributed by atoms with E-state index in [4.69, 9.17) is 0 Å². The molecule has 3 rings (SSSR count). The molecule has 0 fully saturated rings. The number of carbonyl (C=O) groups is 3. The Bertz CT molecular complexity index is 1370. The number of amides is 3. The molecule has 10 nitrogen and oxygen atoms in total. The molecule has 6 N–H and O–H groups in total. The molecular formula is C25H25B2F2KN3O7-. The fourth-order valence-electron chi connectivity index (χ4n) is 3.49. The normalized spacial score (nSPS) is 9.97. The van der Waals surface area contributed by atoms with Gasteiger partial charge < -0.3 is 45.1 Å². The minimum absolute atomic E-state index is 0. The summed E-state index contributed by atoms with van der Waals surface area (Å²) in [6, 6.07) is 11.7.